The van der Waals surface area contributed by atoms with Gasteiger partial charge in [0.1, 0.15) is 28.3 Å². The van der Waals surface area contributed by atoms with Gasteiger partial charge in [-0.1, -0.05) is 166 Å². The number of para-hydroxylation sites is 3. The topological polar surface area (TPSA) is 48.2 Å². The minimum atomic E-state index is -0.584. The first-order valence-corrected chi connectivity index (χ1v) is 22.1. The van der Waals surface area contributed by atoms with Crippen molar-refractivity contribution >= 4 is 32.8 Å². The molecule has 2 aromatic heterocycles. The summed E-state index contributed by atoms with van der Waals surface area (Å²) < 4.78 is 13.3. The fourth-order valence-corrected chi connectivity index (χ4v) is 11.6. The van der Waals surface area contributed by atoms with Crippen LogP contribution >= 0.6 is 0 Å². The van der Waals surface area contributed by atoms with Crippen molar-refractivity contribution in [3.05, 3.63) is 228 Å². The van der Waals surface area contributed by atoms with Crippen molar-refractivity contribution in [3.63, 3.8) is 0 Å². The van der Waals surface area contributed by atoms with Crippen LogP contribution in [0.15, 0.2) is 199 Å². The Morgan fingerprint density at radius 1 is 0.438 bits per heavy atom. The molecule has 0 saturated heterocycles. The van der Waals surface area contributed by atoms with Crippen LogP contribution in [0.2, 0.25) is 0 Å². The van der Waals surface area contributed by atoms with Crippen molar-refractivity contribution in [2.45, 2.75) is 24.7 Å². The number of nitrogens with zero attached hydrogens (tertiary/aromatic N) is 2. The second kappa shape index (κ2) is 12.7. The molecule has 4 nitrogen and oxygen atoms in total. The Morgan fingerprint density at radius 3 is 1.88 bits per heavy atom. The van der Waals surface area contributed by atoms with E-state index >= 15 is 0 Å². The number of rotatable bonds is 3. The highest BCUT2D eigenvalue weighted by Gasteiger charge is 2.52. The predicted octanol–water partition coefficient (Wildman–Crippen LogP) is 15.3. The predicted molar refractivity (Wildman–Crippen MR) is 258 cm³/mol. The average molecular weight is 819 g/mol. The number of aromatic nitrogens is 2. The van der Waals surface area contributed by atoms with Crippen LogP contribution < -0.4 is 4.74 Å². The lowest BCUT2D eigenvalue weighted by molar-refractivity contribution is 0.436. The van der Waals surface area contributed by atoms with Gasteiger partial charge in [-0.25, -0.2) is 9.97 Å². The molecule has 11 aromatic rings. The molecular formula is C60H38N2O2. The molecule has 3 heterocycles. The molecule has 1 aliphatic heterocycles. The maximum atomic E-state index is 6.72. The fourth-order valence-electron chi connectivity index (χ4n) is 11.6. The van der Waals surface area contributed by atoms with E-state index in [1.165, 1.54) is 77.5 Å². The molecule has 0 atom stereocenters. The smallest absolute Gasteiger partial charge is 0.180 e. The summed E-state index contributed by atoms with van der Waals surface area (Å²) in [6, 6.07) is 70.0. The summed E-state index contributed by atoms with van der Waals surface area (Å²) in [4.78, 5) is 10.4. The van der Waals surface area contributed by atoms with Crippen LogP contribution in [0, 0.1) is 0 Å². The van der Waals surface area contributed by atoms with Crippen LogP contribution in [-0.4, -0.2) is 9.97 Å². The van der Waals surface area contributed by atoms with E-state index in [0.29, 0.717) is 11.4 Å². The molecule has 64 heavy (non-hydrogen) atoms. The Balaban J connectivity index is 1.01. The van der Waals surface area contributed by atoms with Crippen LogP contribution in [0.25, 0.3) is 88.9 Å². The van der Waals surface area contributed by atoms with E-state index in [1.54, 1.807) is 0 Å². The molecule has 3 aliphatic rings. The van der Waals surface area contributed by atoms with Crippen LogP contribution in [-0.2, 0) is 10.8 Å². The summed E-state index contributed by atoms with van der Waals surface area (Å²) in [5.41, 5.74) is 19.2. The van der Waals surface area contributed by atoms with Crippen molar-refractivity contribution < 1.29 is 9.15 Å². The monoisotopic (exact) mass is 818 g/mol. The van der Waals surface area contributed by atoms with Gasteiger partial charge in [-0.3, -0.25) is 0 Å². The van der Waals surface area contributed by atoms with Gasteiger partial charge >= 0.3 is 0 Å². The summed E-state index contributed by atoms with van der Waals surface area (Å²) >= 11 is 0. The van der Waals surface area contributed by atoms with Gasteiger partial charge in [-0.2, -0.15) is 0 Å². The van der Waals surface area contributed by atoms with E-state index in [1.807, 2.05) is 36.4 Å². The van der Waals surface area contributed by atoms with Gasteiger partial charge in [0.05, 0.1) is 5.41 Å². The van der Waals surface area contributed by atoms with Crippen molar-refractivity contribution in [1.82, 2.24) is 9.97 Å². The van der Waals surface area contributed by atoms with Gasteiger partial charge in [0, 0.05) is 33.1 Å². The van der Waals surface area contributed by atoms with E-state index in [2.05, 4.69) is 172 Å². The van der Waals surface area contributed by atoms with E-state index < -0.39 is 5.41 Å². The lowest BCUT2D eigenvalue weighted by atomic mass is 9.66. The maximum Gasteiger partial charge on any atom is 0.180 e. The van der Waals surface area contributed by atoms with E-state index in [9.17, 15) is 0 Å². The molecule has 4 heteroatoms. The molecule has 0 unspecified atom stereocenters. The van der Waals surface area contributed by atoms with E-state index in [0.717, 1.165) is 44.8 Å². The second-order valence-corrected chi connectivity index (χ2v) is 18.0. The third-order valence-corrected chi connectivity index (χ3v) is 14.3. The van der Waals surface area contributed by atoms with Crippen LogP contribution in [0.3, 0.4) is 0 Å². The zero-order valence-electron chi connectivity index (χ0n) is 35.2. The number of furan rings is 1. The Morgan fingerprint density at radius 2 is 1.08 bits per heavy atom. The molecule has 0 fully saturated rings. The normalized spacial score (nSPS) is 14.5. The second-order valence-electron chi connectivity index (χ2n) is 18.0. The molecule has 1 spiro atoms. The quantitative estimate of drug-likeness (QED) is 0.178. The van der Waals surface area contributed by atoms with Gasteiger partial charge in [0.2, 0.25) is 0 Å². The van der Waals surface area contributed by atoms with Crippen molar-refractivity contribution in [2.24, 2.45) is 0 Å². The Kier molecular flexibility index (Phi) is 7.07. The van der Waals surface area contributed by atoms with E-state index in [4.69, 9.17) is 19.1 Å². The molecule has 0 bridgehead atoms. The first kappa shape index (κ1) is 35.5. The molecule has 0 N–H and O–H groups in total. The summed E-state index contributed by atoms with van der Waals surface area (Å²) in [7, 11) is 0. The minimum absolute atomic E-state index is 0.307. The Bertz CT molecular complexity index is 3760. The molecule has 2 aliphatic carbocycles. The molecule has 300 valence electrons. The van der Waals surface area contributed by atoms with Crippen LogP contribution in [0.5, 0.6) is 11.5 Å². The summed E-state index contributed by atoms with van der Waals surface area (Å²) in [5.74, 6) is 2.47. The number of fused-ring (bicyclic) bond motifs is 16. The molecule has 14 rings (SSSR count). The fraction of sp³-hybridized carbons (Fsp3) is 0.0667. The van der Waals surface area contributed by atoms with Crippen molar-refractivity contribution in [2.75, 3.05) is 0 Å². The van der Waals surface area contributed by atoms with Gasteiger partial charge in [-0.05, 0) is 109 Å². The first-order chi connectivity index (χ1) is 31.5. The summed E-state index contributed by atoms with van der Waals surface area (Å²) in [6.45, 7) is 4.77. The largest absolute Gasteiger partial charge is 0.457 e. The highest BCUT2D eigenvalue weighted by Crippen LogP contribution is 2.65. The number of ether oxygens (including phenoxy) is 1. The summed E-state index contributed by atoms with van der Waals surface area (Å²) in [6.07, 6.45) is 0. The maximum absolute atomic E-state index is 6.72. The number of hydrogen-bond acceptors (Lipinski definition) is 4. The summed E-state index contributed by atoms with van der Waals surface area (Å²) in [5, 5.41) is 3.43. The van der Waals surface area contributed by atoms with E-state index in [-0.39, 0.29) is 5.41 Å². The van der Waals surface area contributed by atoms with Crippen LogP contribution in [0.4, 0.5) is 0 Å². The Hall–Kier alpha value is -8.08. The third-order valence-electron chi connectivity index (χ3n) is 14.3. The van der Waals surface area contributed by atoms with Crippen molar-refractivity contribution in [1.29, 1.82) is 0 Å². The number of hydrogen-bond donors (Lipinski definition) is 0. The highest BCUT2D eigenvalue weighted by atomic mass is 16.5. The van der Waals surface area contributed by atoms with Gasteiger partial charge in [0.15, 0.2) is 11.4 Å². The van der Waals surface area contributed by atoms with Gasteiger partial charge in [0.25, 0.3) is 0 Å². The molecule has 0 radical (unpaired) electrons. The van der Waals surface area contributed by atoms with Gasteiger partial charge in [-0.15, -0.1) is 0 Å². The average Bonchev–Trinajstić information content (AvgIpc) is 3.94. The molecule has 0 amide bonds. The molecule has 9 aromatic carbocycles. The lowest BCUT2D eigenvalue weighted by Gasteiger charge is -2.39. The van der Waals surface area contributed by atoms with Crippen molar-refractivity contribution in [3.8, 4) is 67.5 Å². The first-order valence-electron chi connectivity index (χ1n) is 22.1. The zero-order chi connectivity index (χ0) is 42.3. The van der Waals surface area contributed by atoms with Gasteiger partial charge < -0.3 is 9.15 Å². The minimum Gasteiger partial charge on any atom is -0.457 e. The molecule has 0 saturated carbocycles. The van der Waals surface area contributed by atoms with Crippen LogP contribution in [0.1, 0.15) is 47.2 Å². The third kappa shape index (κ3) is 4.61. The SMILES string of the molecule is CC1(C)c2ccc(-c3nc(-c4ccccc4)nc4c3oc3ccccc34)cc2-c2cccc(-c3cccc4c3-c3cc5ccccc5cc3C43c4ccccc4Oc4ccccc43)c21. The lowest BCUT2D eigenvalue weighted by Crippen LogP contribution is -2.32. The standard InChI is InChI=1S/C60H38N2O2/c1-59(2)45-31-30-38(55-57-56(42-20-8-11-27-50(42)64-57)62-58(61-55)35-16-4-3-5-17-35)33-43(45)41-23-14-22-40(54(41)59)39-21-15-26-48-53(39)44-32-36-18-6-7-19-37(36)34-49(44)60(48)46-24-9-12-28-51(46)63-52-29-13-10-25-47(52)60/h3-34H,1-2H3. The number of benzene rings is 9. The molecular weight excluding hydrogens is 781 g/mol. The Labute approximate surface area is 370 Å². The highest BCUT2D eigenvalue weighted by molar-refractivity contribution is 6.08. The zero-order valence-corrected chi connectivity index (χ0v) is 35.2.